The second-order valence-electron chi connectivity index (χ2n) is 6.13. The summed E-state index contributed by atoms with van der Waals surface area (Å²) in [6, 6.07) is 28.7. The first kappa shape index (κ1) is 18.6. The Balaban J connectivity index is 1.64. The zero-order valence-corrected chi connectivity index (χ0v) is 16.1. The maximum absolute atomic E-state index is 6.57. The van der Waals surface area contributed by atoms with Crippen molar-refractivity contribution in [3.63, 3.8) is 0 Å². The van der Waals surface area contributed by atoms with Crippen molar-refractivity contribution in [2.45, 2.75) is 12.8 Å². The van der Waals surface area contributed by atoms with E-state index in [2.05, 4.69) is 24.3 Å². The van der Waals surface area contributed by atoms with Crippen LogP contribution in [0.15, 0.2) is 84.9 Å². The van der Waals surface area contributed by atoms with Crippen molar-refractivity contribution in [1.82, 2.24) is 0 Å². The average Bonchev–Trinajstić information content (AvgIpc) is 2.72. The lowest BCUT2D eigenvalue weighted by Gasteiger charge is -2.24. The van der Waals surface area contributed by atoms with Crippen LogP contribution in [0.25, 0.3) is 0 Å². The lowest BCUT2D eigenvalue weighted by molar-refractivity contribution is 0.936. The van der Waals surface area contributed by atoms with Gasteiger partial charge in [0.1, 0.15) is 0 Å². The van der Waals surface area contributed by atoms with Crippen molar-refractivity contribution in [1.29, 1.82) is 0 Å². The Morgan fingerprint density at radius 2 is 0.846 bits per heavy atom. The second kappa shape index (κ2) is 9.51. The summed E-state index contributed by atoms with van der Waals surface area (Å²) < 4.78 is 3.50. The van der Waals surface area contributed by atoms with E-state index in [1.54, 1.807) is 8.84 Å². The van der Waals surface area contributed by atoms with E-state index >= 15 is 0 Å². The van der Waals surface area contributed by atoms with E-state index in [9.17, 15) is 0 Å². The van der Waals surface area contributed by atoms with Crippen molar-refractivity contribution in [3.05, 3.63) is 96.1 Å². The number of nitrogens with zero attached hydrogens (tertiary/aromatic N) is 2. The molecule has 0 saturated carbocycles. The summed E-state index contributed by atoms with van der Waals surface area (Å²) in [6.45, 7) is 1.43. The van der Waals surface area contributed by atoms with E-state index in [1.165, 1.54) is 11.1 Å². The fraction of sp³-hybridized carbons (Fsp3) is 0.182. The molecule has 0 unspecified atom stereocenters. The van der Waals surface area contributed by atoms with Crippen LogP contribution in [0.1, 0.15) is 11.1 Å². The highest BCUT2D eigenvalue weighted by molar-refractivity contribution is 6.29. The van der Waals surface area contributed by atoms with E-state index in [1.807, 2.05) is 60.7 Å². The van der Waals surface area contributed by atoms with Crippen LogP contribution < -0.4 is 8.84 Å². The van der Waals surface area contributed by atoms with Crippen LogP contribution in [0, 0.1) is 0 Å². The molecule has 0 heterocycles. The Morgan fingerprint density at radius 3 is 1.23 bits per heavy atom. The van der Waals surface area contributed by atoms with Gasteiger partial charge in [0.2, 0.25) is 0 Å². The summed E-state index contributed by atoms with van der Waals surface area (Å²) in [5.74, 6) is 0. The first-order valence-corrected chi connectivity index (χ1v) is 9.45. The number of rotatable bonds is 8. The summed E-state index contributed by atoms with van der Waals surface area (Å²) >= 11 is 13.1. The molecule has 0 aliphatic rings. The van der Waals surface area contributed by atoms with Crippen molar-refractivity contribution >= 4 is 34.9 Å². The molecule has 0 spiro atoms. The van der Waals surface area contributed by atoms with Crippen molar-refractivity contribution in [3.8, 4) is 0 Å². The van der Waals surface area contributed by atoms with Gasteiger partial charge in [0.15, 0.2) is 0 Å². The Kier molecular flexibility index (Phi) is 6.82. The molecule has 3 aromatic rings. The highest BCUT2D eigenvalue weighted by Crippen LogP contribution is 2.32. The minimum atomic E-state index is 0.714. The molecule has 0 aromatic heterocycles. The molecular formula is C22H22Cl2N2. The lowest BCUT2D eigenvalue weighted by Crippen LogP contribution is -2.20. The number of hydrogen-bond donors (Lipinski definition) is 0. The van der Waals surface area contributed by atoms with E-state index in [0.717, 1.165) is 24.2 Å². The Labute approximate surface area is 165 Å². The molecule has 0 N–H and O–H groups in total. The van der Waals surface area contributed by atoms with E-state index in [-0.39, 0.29) is 0 Å². The van der Waals surface area contributed by atoms with Gasteiger partial charge in [0.05, 0.1) is 11.4 Å². The SMILES string of the molecule is ClN(CCc1ccccc1)c1ccccc1N(Cl)CCc1ccccc1. The maximum Gasteiger partial charge on any atom is 0.0769 e. The molecule has 0 aliphatic heterocycles. The fourth-order valence-corrected chi connectivity index (χ4v) is 3.31. The van der Waals surface area contributed by atoms with Gasteiger partial charge in [0.25, 0.3) is 0 Å². The highest BCUT2D eigenvalue weighted by atomic mass is 35.5. The van der Waals surface area contributed by atoms with E-state index < -0.39 is 0 Å². The van der Waals surface area contributed by atoms with Gasteiger partial charge in [-0.05, 0) is 36.1 Å². The van der Waals surface area contributed by atoms with Gasteiger partial charge in [-0.2, -0.15) is 0 Å². The largest absolute Gasteiger partial charge is 0.283 e. The second-order valence-corrected chi connectivity index (χ2v) is 6.95. The molecule has 0 radical (unpaired) electrons. The molecule has 4 heteroatoms. The lowest BCUT2D eigenvalue weighted by atomic mass is 10.1. The molecule has 3 aromatic carbocycles. The quantitative estimate of drug-likeness (QED) is 0.433. The minimum Gasteiger partial charge on any atom is -0.283 e. The number of hydrogen-bond acceptors (Lipinski definition) is 2. The third-order valence-corrected chi connectivity index (χ3v) is 4.99. The monoisotopic (exact) mass is 384 g/mol. The zero-order chi connectivity index (χ0) is 18.2. The number of anilines is 2. The molecule has 0 atom stereocenters. The average molecular weight is 385 g/mol. The minimum absolute atomic E-state index is 0.714. The van der Waals surface area contributed by atoms with E-state index in [4.69, 9.17) is 23.6 Å². The van der Waals surface area contributed by atoms with Gasteiger partial charge >= 0.3 is 0 Å². The van der Waals surface area contributed by atoms with Gasteiger partial charge in [-0.3, -0.25) is 8.84 Å². The number of halogens is 2. The van der Waals surface area contributed by atoms with Gasteiger partial charge in [0, 0.05) is 36.6 Å². The Hall–Kier alpha value is -2.16. The van der Waals surface area contributed by atoms with Gasteiger partial charge in [-0.25, -0.2) is 0 Å². The number of benzene rings is 3. The zero-order valence-electron chi connectivity index (χ0n) is 14.6. The summed E-state index contributed by atoms with van der Waals surface area (Å²) in [4.78, 5) is 0. The van der Waals surface area contributed by atoms with Crippen LogP contribution in [-0.4, -0.2) is 13.1 Å². The van der Waals surface area contributed by atoms with Gasteiger partial charge in [-0.1, -0.05) is 72.8 Å². The molecule has 2 nitrogen and oxygen atoms in total. The normalized spacial score (nSPS) is 10.5. The van der Waals surface area contributed by atoms with Crippen molar-refractivity contribution in [2.24, 2.45) is 0 Å². The van der Waals surface area contributed by atoms with Gasteiger partial charge in [-0.15, -0.1) is 0 Å². The Morgan fingerprint density at radius 1 is 0.500 bits per heavy atom. The van der Waals surface area contributed by atoms with Gasteiger partial charge < -0.3 is 0 Å². The van der Waals surface area contributed by atoms with Crippen LogP contribution in [0.3, 0.4) is 0 Å². The summed E-state index contributed by atoms with van der Waals surface area (Å²) in [6.07, 6.45) is 1.76. The standard InChI is InChI=1S/C22H22Cl2N2/c23-25(17-15-19-9-3-1-4-10-19)21-13-7-8-14-22(21)26(24)18-16-20-11-5-2-6-12-20/h1-14H,15-18H2. The topological polar surface area (TPSA) is 6.48 Å². The Bertz CT molecular complexity index is 725. The van der Waals surface area contributed by atoms with Crippen molar-refractivity contribution in [2.75, 3.05) is 21.9 Å². The molecule has 0 saturated heterocycles. The molecule has 3 rings (SSSR count). The van der Waals surface area contributed by atoms with Crippen molar-refractivity contribution < 1.29 is 0 Å². The maximum atomic E-state index is 6.57. The first-order valence-electron chi connectivity index (χ1n) is 8.77. The van der Waals surface area contributed by atoms with Crippen LogP contribution in [0.4, 0.5) is 11.4 Å². The van der Waals surface area contributed by atoms with Crippen LogP contribution in [0.2, 0.25) is 0 Å². The smallest absolute Gasteiger partial charge is 0.0769 e. The molecule has 0 bridgehead atoms. The van der Waals surface area contributed by atoms with Crippen LogP contribution in [-0.2, 0) is 12.8 Å². The molecular weight excluding hydrogens is 363 g/mol. The van der Waals surface area contributed by atoms with Crippen LogP contribution in [0.5, 0.6) is 0 Å². The van der Waals surface area contributed by atoms with E-state index in [0.29, 0.717) is 13.1 Å². The van der Waals surface area contributed by atoms with Crippen LogP contribution >= 0.6 is 23.6 Å². The third kappa shape index (κ3) is 5.17. The molecule has 0 amide bonds. The molecule has 0 fully saturated rings. The fourth-order valence-electron chi connectivity index (χ4n) is 2.86. The molecule has 134 valence electrons. The predicted molar refractivity (Wildman–Crippen MR) is 113 cm³/mol. The first-order chi connectivity index (χ1) is 12.7. The number of para-hydroxylation sites is 2. The third-order valence-electron chi connectivity index (χ3n) is 4.28. The molecule has 26 heavy (non-hydrogen) atoms. The predicted octanol–water partition coefficient (Wildman–Crippen LogP) is 6.09. The summed E-state index contributed by atoms with van der Waals surface area (Å²) in [5.41, 5.74) is 4.38. The summed E-state index contributed by atoms with van der Waals surface area (Å²) in [5, 5.41) is 0. The molecule has 0 aliphatic carbocycles. The highest BCUT2D eigenvalue weighted by Gasteiger charge is 2.14. The summed E-state index contributed by atoms with van der Waals surface area (Å²) in [7, 11) is 0.